The molecule has 1 atom stereocenters. The smallest absolute Gasteiger partial charge is 0.236 e. The zero-order valence-corrected chi connectivity index (χ0v) is 18.7. The van der Waals surface area contributed by atoms with Crippen molar-refractivity contribution in [1.29, 1.82) is 0 Å². The molecule has 0 spiro atoms. The summed E-state index contributed by atoms with van der Waals surface area (Å²) in [6, 6.07) is 0.795. The first-order valence-electron chi connectivity index (χ1n) is 10.6. The Morgan fingerprint density at radius 2 is 2.00 bits per heavy atom. The van der Waals surface area contributed by atoms with Crippen LogP contribution in [0.15, 0.2) is 24.7 Å². The maximum Gasteiger partial charge on any atom is 0.236 e. The average Bonchev–Trinajstić information content (AvgIpc) is 3.51. The molecule has 32 heavy (non-hydrogen) atoms. The van der Waals surface area contributed by atoms with E-state index in [0.717, 1.165) is 19.0 Å². The molecule has 0 radical (unpaired) electrons. The molecule has 5 rings (SSSR count). The predicted octanol–water partition coefficient (Wildman–Crippen LogP) is 2.41. The Morgan fingerprint density at radius 1 is 1.19 bits per heavy atom. The molecule has 2 aliphatic rings. The number of aromatic nitrogens is 4. The first-order chi connectivity index (χ1) is 15.4. The summed E-state index contributed by atoms with van der Waals surface area (Å²) in [5.74, 6) is -1.37. The molecule has 0 amide bonds. The van der Waals surface area contributed by atoms with Gasteiger partial charge in [-0.2, -0.15) is 0 Å². The summed E-state index contributed by atoms with van der Waals surface area (Å²) in [5.41, 5.74) is 0.583. The maximum atomic E-state index is 14.7. The minimum Gasteiger partial charge on any atom is -0.364 e. The van der Waals surface area contributed by atoms with Crippen LogP contribution in [0, 0.1) is 11.6 Å². The zero-order valence-electron chi connectivity index (χ0n) is 17.8. The fourth-order valence-corrected chi connectivity index (χ4v) is 5.30. The van der Waals surface area contributed by atoms with E-state index in [1.807, 2.05) is 13.8 Å². The first-order valence-corrected chi connectivity index (χ1v) is 12.2. The fourth-order valence-electron chi connectivity index (χ4n) is 3.80. The van der Waals surface area contributed by atoms with E-state index in [4.69, 9.17) is 0 Å². The second-order valence-corrected chi connectivity index (χ2v) is 9.35. The Kier molecular flexibility index (Phi) is 6.24. The summed E-state index contributed by atoms with van der Waals surface area (Å²) >= 11 is 0. The number of sulfonamides is 1. The monoisotopic (exact) mass is 465 g/mol. The molecule has 0 saturated carbocycles. The van der Waals surface area contributed by atoms with Crippen LogP contribution in [-0.4, -0.2) is 59.2 Å². The number of hydrogen-bond acceptors (Lipinski definition) is 7. The van der Waals surface area contributed by atoms with Crippen molar-refractivity contribution in [2.75, 3.05) is 35.0 Å². The third-order valence-corrected chi connectivity index (χ3v) is 7.16. The number of pyridine rings is 1. The molecule has 3 aromatic rings. The summed E-state index contributed by atoms with van der Waals surface area (Å²) in [4.78, 5) is 12.6. The maximum absolute atomic E-state index is 14.7. The van der Waals surface area contributed by atoms with Crippen LogP contribution in [0.2, 0.25) is 0 Å². The molecule has 0 aromatic carbocycles. The van der Waals surface area contributed by atoms with Crippen molar-refractivity contribution in [1.82, 2.24) is 24.7 Å². The van der Waals surface area contributed by atoms with Gasteiger partial charge in [-0.25, -0.2) is 32.2 Å². The van der Waals surface area contributed by atoms with Crippen LogP contribution in [0.3, 0.4) is 0 Å². The molecule has 2 aliphatic heterocycles. The second kappa shape index (κ2) is 8.94. The van der Waals surface area contributed by atoms with E-state index in [0.29, 0.717) is 25.2 Å². The van der Waals surface area contributed by atoms with Crippen LogP contribution >= 0.6 is 0 Å². The highest BCUT2D eigenvalue weighted by atomic mass is 32.2. The Labute approximate surface area is 184 Å². The lowest BCUT2D eigenvalue weighted by Crippen LogP contribution is -2.26. The highest BCUT2D eigenvalue weighted by Gasteiger charge is 2.30. The van der Waals surface area contributed by atoms with E-state index in [9.17, 15) is 17.2 Å². The average molecular weight is 466 g/mol. The van der Waals surface area contributed by atoms with Crippen LogP contribution in [-0.2, 0) is 10.0 Å². The van der Waals surface area contributed by atoms with Gasteiger partial charge in [0.15, 0.2) is 28.9 Å². The topological polar surface area (TPSA) is 105 Å². The number of imidazole rings is 1. The molecule has 2 N–H and O–H groups in total. The van der Waals surface area contributed by atoms with Gasteiger partial charge in [0.2, 0.25) is 10.0 Å². The summed E-state index contributed by atoms with van der Waals surface area (Å²) in [6.45, 7) is 5.82. The van der Waals surface area contributed by atoms with Gasteiger partial charge in [0.1, 0.15) is 5.69 Å². The largest absolute Gasteiger partial charge is 0.364 e. The van der Waals surface area contributed by atoms with Crippen molar-refractivity contribution < 1.29 is 17.2 Å². The fraction of sp³-hybridized carbons (Fsp3) is 0.450. The number of anilines is 2. The molecule has 1 unspecified atom stereocenters. The van der Waals surface area contributed by atoms with E-state index in [1.54, 1.807) is 0 Å². The number of rotatable bonds is 4. The number of nitrogens with one attached hydrogen (secondary N) is 2. The number of halogens is 2. The zero-order chi connectivity index (χ0) is 22.9. The van der Waals surface area contributed by atoms with Crippen LogP contribution in [0.4, 0.5) is 20.4 Å². The molecular formula is C20H25F2N7O2S. The van der Waals surface area contributed by atoms with Crippen LogP contribution in [0.5, 0.6) is 0 Å². The molecule has 9 nitrogen and oxygen atoms in total. The number of nitrogens with zero attached hydrogens (tertiary/aromatic N) is 5. The second-order valence-electron chi connectivity index (χ2n) is 7.34. The lowest BCUT2D eigenvalue weighted by molar-refractivity contribution is 0.575. The van der Waals surface area contributed by atoms with Gasteiger partial charge in [-0.05, 0) is 19.4 Å². The van der Waals surface area contributed by atoms with Crippen LogP contribution in [0.1, 0.15) is 26.7 Å². The van der Waals surface area contributed by atoms with Gasteiger partial charge >= 0.3 is 0 Å². The molecule has 0 bridgehead atoms. The molecule has 2 fully saturated rings. The molecule has 3 aromatic heterocycles. The van der Waals surface area contributed by atoms with E-state index in [-0.39, 0.29) is 34.8 Å². The molecular weight excluding hydrogens is 440 g/mol. The van der Waals surface area contributed by atoms with Crippen molar-refractivity contribution >= 4 is 27.3 Å². The van der Waals surface area contributed by atoms with E-state index >= 15 is 0 Å². The summed E-state index contributed by atoms with van der Waals surface area (Å²) < 4.78 is 56.1. The van der Waals surface area contributed by atoms with Crippen molar-refractivity contribution in [3.8, 4) is 11.4 Å². The summed E-state index contributed by atoms with van der Waals surface area (Å²) in [6.07, 6.45) is 5.63. The van der Waals surface area contributed by atoms with E-state index in [2.05, 4.69) is 25.6 Å². The van der Waals surface area contributed by atoms with Gasteiger partial charge in [-0.15, -0.1) is 0 Å². The Balaban J connectivity index is 0.00000119. The Hall–Kier alpha value is -2.86. The quantitative estimate of drug-likeness (QED) is 0.610. The van der Waals surface area contributed by atoms with Crippen molar-refractivity contribution in [3.05, 3.63) is 36.3 Å². The number of fused-ring (bicyclic) bond motifs is 1. The van der Waals surface area contributed by atoms with Crippen LogP contribution in [0.25, 0.3) is 17.0 Å². The SMILES string of the molecule is CC.O=S1(=O)CCCN1c1cn2c(-c3nc(NC4CCNC4)c(F)cc3F)cnc2cn1. The normalized spacial score (nSPS) is 19.8. The predicted molar refractivity (Wildman–Crippen MR) is 118 cm³/mol. The third kappa shape index (κ3) is 4.11. The molecule has 0 aliphatic carbocycles. The van der Waals surface area contributed by atoms with Crippen LogP contribution < -0.4 is 14.9 Å². The molecule has 172 valence electrons. The van der Waals surface area contributed by atoms with Gasteiger partial charge < -0.3 is 10.6 Å². The van der Waals surface area contributed by atoms with Crippen molar-refractivity contribution in [2.24, 2.45) is 0 Å². The van der Waals surface area contributed by atoms with Gasteiger partial charge in [0.05, 0.1) is 30.0 Å². The van der Waals surface area contributed by atoms with E-state index < -0.39 is 21.7 Å². The van der Waals surface area contributed by atoms with E-state index in [1.165, 1.54) is 27.3 Å². The summed E-state index contributed by atoms with van der Waals surface area (Å²) in [7, 11) is -3.42. The third-order valence-electron chi connectivity index (χ3n) is 5.31. The minimum absolute atomic E-state index is 0.00340. The lowest BCUT2D eigenvalue weighted by Gasteiger charge is -2.16. The van der Waals surface area contributed by atoms with Crippen molar-refractivity contribution in [3.63, 3.8) is 0 Å². The van der Waals surface area contributed by atoms with Gasteiger partial charge in [-0.1, -0.05) is 13.8 Å². The van der Waals surface area contributed by atoms with Gasteiger partial charge in [0.25, 0.3) is 0 Å². The first kappa shape index (κ1) is 22.3. The van der Waals surface area contributed by atoms with Crippen molar-refractivity contribution in [2.45, 2.75) is 32.7 Å². The number of hydrogen-bond donors (Lipinski definition) is 2. The molecule has 12 heteroatoms. The standard InChI is InChI=1S/C18H19F2N7O2S.C2H6/c19-12-6-13(20)18(24-11-2-3-21-7-11)25-17(12)14-8-22-15-9-23-16(10-26(14)15)27-4-1-5-30(27,28)29;1-2/h6,8-11,21H,1-5,7H2,(H,24,25);1-2H3. The lowest BCUT2D eigenvalue weighted by atomic mass is 10.2. The Bertz CT molecular complexity index is 1230. The Morgan fingerprint density at radius 3 is 2.69 bits per heavy atom. The highest BCUT2D eigenvalue weighted by molar-refractivity contribution is 7.93. The molecule has 5 heterocycles. The minimum atomic E-state index is -3.42. The van der Waals surface area contributed by atoms with Gasteiger partial charge in [0, 0.05) is 25.2 Å². The molecule has 2 saturated heterocycles. The van der Waals surface area contributed by atoms with Gasteiger partial charge in [-0.3, -0.25) is 8.71 Å². The highest BCUT2D eigenvalue weighted by Crippen LogP contribution is 2.28. The summed E-state index contributed by atoms with van der Waals surface area (Å²) in [5, 5.41) is 6.18.